The highest BCUT2D eigenvalue weighted by Gasteiger charge is 2.18. The van der Waals surface area contributed by atoms with Gasteiger partial charge in [0.05, 0.1) is 17.6 Å². The second kappa shape index (κ2) is 10.2. The summed E-state index contributed by atoms with van der Waals surface area (Å²) < 4.78 is 38.4. The number of esters is 1. The maximum absolute atomic E-state index is 12.7. The van der Waals surface area contributed by atoms with Gasteiger partial charge < -0.3 is 9.47 Å². The number of aryl methyl sites for hydroxylation is 1. The van der Waals surface area contributed by atoms with Gasteiger partial charge in [0, 0.05) is 6.54 Å². The number of sulfonamides is 1. The van der Waals surface area contributed by atoms with E-state index >= 15 is 0 Å². The van der Waals surface area contributed by atoms with Crippen LogP contribution in [0.25, 0.3) is 0 Å². The molecule has 0 aromatic heterocycles. The van der Waals surface area contributed by atoms with Gasteiger partial charge in [-0.3, -0.25) is 0 Å². The summed E-state index contributed by atoms with van der Waals surface area (Å²) in [5, 5.41) is 0. The summed E-state index contributed by atoms with van der Waals surface area (Å²) in [5.74, 6) is 0.914. The molecule has 0 saturated heterocycles. The number of carbonyl (C=O) groups excluding carboxylic acids is 1. The van der Waals surface area contributed by atoms with E-state index in [2.05, 4.69) is 4.72 Å². The van der Waals surface area contributed by atoms with Crippen LogP contribution in [0.5, 0.6) is 11.5 Å². The Bertz CT molecular complexity index is 1130. The van der Waals surface area contributed by atoms with Crippen molar-refractivity contribution < 1.29 is 22.7 Å². The fourth-order valence-electron chi connectivity index (χ4n) is 3.09. The zero-order valence-electron chi connectivity index (χ0n) is 17.5. The van der Waals surface area contributed by atoms with E-state index in [1.165, 1.54) is 19.2 Å². The fraction of sp³-hybridized carbons (Fsp3) is 0.208. The van der Waals surface area contributed by atoms with Crippen LogP contribution in [0.2, 0.25) is 0 Å². The molecule has 0 bridgehead atoms. The average molecular weight is 440 g/mol. The molecule has 0 saturated carbocycles. The zero-order valence-corrected chi connectivity index (χ0v) is 18.3. The topological polar surface area (TPSA) is 81.7 Å². The minimum Gasteiger partial charge on any atom is -0.465 e. The molecule has 3 aromatic carbocycles. The van der Waals surface area contributed by atoms with Gasteiger partial charge >= 0.3 is 5.97 Å². The van der Waals surface area contributed by atoms with Gasteiger partial charge in [0.1, 0.15) is 11.5 Å². The van der Waals surface area contributed by atoms with E-state index in [1.807, 2.05) is 61.5 Å². The van der Waals surface area contributed by atoms with Gasteiger partial charge in [-0.2, -0.15) is 0 Å². The summed E-state index contributed by atoms with van der Waals surface area (Å²) in [5.41, 5.74) is 1.98. The largest absolute Gasteiger partial charge is 0.465 e. The van der Waals surface area contributed by atoms with Crippen molar-refractivity contribution in [3.8, 4) is 11.5 Å². The van der Waals surface area contributed by atoms with E-state index in [0.717, 1.165) is 16.9 Å². The van der Waals surface area contributed by atoms with Crippen LogP contribution in [-0.4, -0.2) is 28.0 Å². The number of para-hydroxylation sites is 1. The lowest BCUT2D eigenvalue weighted by atomic mass is 10.1. The van der Waals surface area contributed by atoms with Crippen molar-refractivity contribution in [2.24, 2.45) is 0 Å². The van der Waals surface area contributed by atoms with Crippen molar-refractivity contribution in [2.75, 3.05) is 13.7 Å². The summed E-state index contributed by atoms with van der Waals surface area (Å²) in [7, 11) is -2.48. The van der Waals surface area contributed by atoms with Crippen LogP contribution in [0, 0.1) is 0 Å². The van der Waals surface area contributed by atoms with Gasteiger partial charge in [0.25, 0.3) is 0 Å². The lowest BCUT2D eigenvalue weighted by molar-refractivity contribution is 0.0599. The van der Waals surface area contributed by atoms with Crippen molar-refractivity contribution in [1.29, 1.82) is 0 Å². The number of nitrogens with one attached hydrogen (secondary N) is 1. The van der Waals surface area contributed by atoms with Crippen molar-refractivity contribution in [2.45, 2.75) is 24.7 Å². The van der Waals surface area contributed by atoms with Gasteiger partial charge in [0.15, 0.2) is 0 Å². The lowest BCUT2D eigenvalue weighted by Crippen LogP contribution is -2.26. The Morgan fingerprint density at radius 3 is 2.26 bits per heavy atom. The molecule has 0 heterocycles. The summed E-state index contributed by atoms with van der Waals surface area (Å²) in [6.45, 7) is 2.12. The minimum absolute atomic E-state index is 0.0386. The molecule has 3 rings (SSSR count). The number of methoxy groups -OCH3 is 1. The Morgan fingerprint density at radius 1 is 0.935 bits per heavy atom. The quantitative estimate of drug-likeness (QED) is 0.501. The summed E-state index contributed by atoms with van der Waals surface area (Å²) in [6.07, 6.45) is 1.12. The van der Waals surface area contributed by atoms with E-state index in [0.29, 0.717) is 18.6 Å². The maximum Gasteiger partial charge on any atom is 0.338 e. The van der Waals surface area contributed by atoms with Crippen LogP contribution in [0.3, 0.4) is 0 Å². The van der Waals surface area contributed by atoms with Crippen LogP contribution >= 0.6 is 0 Å². The van der Waals surface area contributed by atoms with Crippen molar-refractivity contribution in [3.63, 3.8) is 0 Å². The molecule has 3 aromatic rings. The Labute approximate surface area is 182 Å². The van der Waals surface area contributed by atoms with Gasteiger partial charge in [-0.05, 0) is 60.4 Å². The molecule has 0 amide bonds. The number of benzene rings is 3. The van der Waals surface area contributed by atoms with Crippen molar-refractivity contribution >= 4 is 16.0 Å². The molecule has 0 radical (unpaired) electrons. The third-order valence-corrected chi connectivity index (χ3v) is 6.24. The summed E-state index contributed by atoms with van der Waals surface area (Å²) >= 11 is 0. The first kappa shape index (κ1) is 22.5. The molecule has 0 fully saturated rings. The van der Waals surface area contributed by atoms with Crippen LogP contribution in [0.4, 0.5) is 0 Å². The molecule has 0 atom stereocenters. The molecule has 0 aliphatic carbocycles. The third-order valence-electron chi connectivity index (χ3n) is 4.79. The van der Waals surface area contributed by atoms with Crippen LogP contribution in [0.15, 0.2) is 77.7 Å². The molecular weight excluding hydrogens is 414 g/mol. The Morgan fingerprint density at radius 2 is 1.61 bits per heavy atom. The molecule has 7 heteroatoms. The normalized spacial score (nSPS) is 11.2. The van der Waals surface area contributed by atoms with Crippen LogP contribution < -0.4 is 9.46 Å². The molecule has 0 aliphatic rings. The minimum atomic E-state index is -3.75. The second-order valence-corrected chi connectivity index (χ2v) is 8.64. The standard InChI is InChI=1S/C24H25NO5S/c1-3-19-11-14-22(17-23(19)24(26)29-2)31(27,28)25-16-15-18-9-12-21(13-10-18)30-20-7-5-4-6-8-20/h4-14,17,25H,3,15-16H2,1-2H3. The number of ether oxygens (including phenoxy) is 2. The molecule has 6 nitrogen and oxygen atoms in total. The Hall–Kier alpha value is -3.16. The van der Waals surface area contributed by atoms with E-state index in [-0.39, 0.29) is 17.0 Å². The second-order valence-electron chi connectivity index (χ2n) is 6.87. The van der Waals surface area contributed by atoms with Crippen LogP contribution in [0.1, 0.15) is 28.4 Å². The number of hydrogen-bond acceptors (Lipinski definition) is 5. The molecule has 162 valence electrons. The molecule has 0 aliphatic heterocycles. The van der Waals surface area contributed by atoms with E-state index in [4.69, 9.17) is 9.47 Å². The molecule has 0 spiro atoms. The zero-order chi connectivity index (χ0) is 22.3. The van der Waals surface area contributed by atoms with Gasteiger partial charge in [-0.25, -0.2) is 17.9 Å². The van der Waals surface area contributed by atoms with E-state index in [9.17, 15) is 13.2 Å². The SMILES string of the molecule is CCc1ccc(S(=O)(=O)NCCc2ccc(Oc3ccccc3)cc2)cc1C(=O)OC. The molecule has 0 unspecified atom stereocenters. The molecule has 31 heavy (non-hydrogen) atoms. The predicted octanol–water partition coefficient (Wildman–Crippen LogP) is 4.35. The highest BCUT2D eigenvalue weighted by atomic mass is 32.2. The first-order valence-corrected chi connectivity index (χ1v) is 11.4. The highest BCUT2D eigenvalue weighted by molar-refractivity contribution is 7.89. The molecular formula is C24H25NO5S. The average Bonchev–Trinajstić information content (AvgIpc) is 2.80. The Balaban J connectivity index is 1.61. The monoisotopic (exact) mass is 439 g/mol. The highest BCUT2D eigenvalue weighted by Crippen LogP contribution is 2.21. The van der Waals surface area contributed by atoms with E-state index in [1.54, 1.807) is 6.07 Å². The first-order valence-electron chi connectivity index (χ1n) is 9.95. The predicted molar refractivity (Wildman–Crippen MR) is 119 cm³/mol. The smallest absolute Gasteiger partial charge is 0.338 e. The molecule has 1 N–H and O–H groups in total. The van der Waals surface area contributed by atoms with Crippen molar-refractivity contribution in [3.05, 3.63) is 89.5 Å². The first-order chi connectivity index (χ1) is 14.9. The number of rotatable bonds is 9. The summed E-state index contributed by atoms with van der Waals surface area (Å²) in [6, 6.07) is 21.5. The third kappa shape index (κ3) is 5.93. The van der Waals surface area contributed by atoms with Crippen molar-refractivity contribution in [1.82, 2.24) is 4.72 Å². The Kier molecular flexibility index (Phi) is 7.44. The fourth-order valence-corrected chi connectivity index (χ4v) is 4.15. The van der Waals surface area contributed by atoms with Crippen LogP contribution in [-0.2, 0) is 27.6 Å². The lowest BCUT2D eigenvalue weighted by Gasteiger charge is -2.11. The number of carbonyl (C=O) groups is 1. The maximum atomic E-state index is 12.7. The van der Waals surface area contributed by atoms with Gasteiger partial charge in [0.2, 0.25) is 10.0 Å². The number of hydrogen-bond donors (Lipinski definition) is 1. The summed E-state index contributed by atoms with van der Waals surface area (Å²) in [4.78, 5) is 12.0. The van der Waals surface area contributed by atoms with Gasteiger partial charge in [-0.15, -0.1) is 0 Å². The van der Waals surface area contributed by atoms with Gasteiger partial charge in [-0.1, -0.05) is 43.3 Å². The van der Waals surface area contributed by atoms with E-state index < -0.39 is 16.0 Å².